The highest BCUT2D eigenvalue weighted by molar-refractivity contribution is 7.09. The molecule has 1 heterocycles. The van der Waals surface area contributed by atoms with Gasteiger partial charge in [-0.15, -0.1) is 11.3 Å². The van der Waals surface area contributed by atoms with Gasteiger partial charge in [0.1, 0.15) is 17.3 Å². The Labute approximate surface area is 119 Å². The monoisotopic (exact) mass is 299 g/mol. The highest BCUT2D eigenvalue weighted by Crippen LogP contribution is 2.17. The molecule has 0 fully saturated rings. The van der Waals surface area contributed by atoms with Crippen molar-refractivity contribution in [2.45, 2.75) is 12.7 Å². The van der Waals surface area contributed by atoms with Gasteiger partial charge < -0.3 is 15.2 Å². The Morgan fingerprint density at radius 1 is 1.20 bits per heavy atom. The lowest BCUT2D eigenvalue weighted by Crippen LogP contribution is -2.25. The predicted octanol–water partition coefficient (Wildman–Crippen LogP) is 3.02. The highest BCUT2D eigenvalue weighted by Gasteiger charge is 2.10. The molecular weight excluding hydrogens is 284 g/mol. The van der Waals surface area contributed by atoms with Gasteiger partial charge in [-0.2, -0.15) is 0 Å². The fourth-order valence-electron chi connectivity index (χ4n) is 1.64. The molecule has 2 rings (SSSR count). The molecular formula is C14H15F2NO2S. The lowest BCUT2D eigenvalue weighted by Gasteiger charge is -2.13. The number of aliphatic hydroxyl groups is 1. The average Bonchev–Trinajstić information content (AvgIpc) is 2.91. The number of rotatable bonds is 7. The summed E-state index contributed by atoms with van der Waals surface area (Å²) in [5, 5.41) is 14.2. The van der Waals surface area contributed by atoms with Crippen molar-refractivity contribution in [1.29, 1.82) is 0 Å². The number of aliphatic hydroxyl groups excluding tert-OH is 1. The van der Waals surface area contributed by atoms with Crippen LogP contribution < -0.4 is 5.32 Å². The van der Waals surface area contributed by atoms with Crippen LogP contribution in [-0.2, 0) is 11.3 Å². The molecule has 1 aromatic carbocycles. The largest absolute Gasteiger partial charge is 0.389 e. The fourth-order valence-corrected chi connectivity index (χ4v) is 2.28. The van der Waals surface area contributed by atoms with Crippen LogP contribution in [0.2, 0.25) is 0 Å². The van der Waals surface area contributed by atoms with Crippen molar-refractivity contribution >= 4 is 17.0 Å². The number of halogens is 2. The normalized spacial score (nSPS) is 12.3. The minimum absolute atomic E-state index is 0.0162. The van der Waals surface area contributed by atoms with Crippen molar-refractivity contribution < 1.29 is 18.6 Å². The molecule has 0 saturated heterocycles. The number of nitrogens with one attached hydrogen (secondary N) is 1. The molecule has 0 radical (unpaired) electrons. The van der Waals surface area contributed by atoms with Crippen molar-refractivity contribution in [3.8, 4) is 0 Å². The molecule has 0 aliphatic heterocycles. The minimum Gasteiger partial charge on any atom is -0.389 e. The SMILES string of the molecule is OC(CNc1c(F)cccc1F)COCc1cccs1. The Hall–Kier alpha value is -1.50. The third-order valence-corrected chi connectivity index (χ3v) is 3.46. The fraction of sp³-hybridized carbons (Fsp3) is 0.286. The highest BCUT2D eigenvalue weighted by atomic mass is 32.1. The molecule has 2 aromatic rings. The van der Waals surface area contributed by atoms with Gasteiger partial charge in [0.05, 0.1) is 19.3 Å². The van der Waals surface area contributed by atoms with Gasteiger partial charge in [0, 0.05) is 11.4 Å². The molecule has 1 aromatic heterocycles. The Kier molecular flexibility index (Phi) is 5.46. The lowest BCUT2D eigenvalue weighted by atomic mass is 10.2. The summed E-state index contributed by atoms with van der Waals surface area (Å²) in [6, 6.07) is 7.46. The van der Waals surface area contributed by atoms with Gasteiger partial charge in [0.15, 0.2) is 0 Å². The first-order valence-corrected chi connectivity index (χ1v) is 7.01. The van der Waals surface area contributed by atoms with Crippen molar-refractivity contribution in [2.24, 2.45) is 0 Å². The van der Waals surface area contributed by atoms with Crippen molar-refractivity contribution in [1.82, 2.24) is 0 Å². The molecule has 0 spiro atoms. The number of thiophene rings is 1. The van der Waals surface area contributed by atoms with Crippen molar-refractivity contribution in [2.75, 3.05) is 18.5 Å². The first kappa shape index (κ1) is 14.9. The maximum Gasteiger partial charge on any atom is 0.149 e. The van der Waals surface area contributed by atoms with E-state index in [1.807, 2.05) is 17.5 Å². The minimum atomic E-state index is -0.839. The second-order valence-electron chi connectivity index (χ2n) is 4.23. The standard InChI is InChI=1S/C14H15F2NO2S/c15-12-4-1-5-13(16)14(12)17-7-10(18)8-19-9-11-3-2-6-20-11/h1-6,10,17-18H,7-9H2. The van der Waals surface area contributed by atoms with Crippen LogP contribution in [0.3, 0.4) is 0 Å². The Bertz CT molecular complexity index is 514. The molecule has 0 aliphatic carbocycles. The average molecular weight is 299 g/mol. The summed E-state index contributed by atoms with van der Waals surface area (Å²) in [4.78, 5) is 1.06. The number of anilines is 1. The van der Waals surface area contributed by atoms with Crippen LogP contribution in [0.1, 0.15) is 4.88 Å². The number of ether oxygens (including phenoxy) is 1. The summed E-state index contributed by atoms with van der Waals surface area (Å²) in [5.41, 5.74) is -0.232. The van der Waals surface area contributed by atoms with Crippen LogP contribution in [0, 0.1) is 11.6 Å². The maximum absolute atomic E-state index is 13.3. The Balaban J connectivity index is 1.73. The van der Waals surface area contributed by atoms with E-state index in [1.54, 1.807) is 11.3 Å². The summed E-state index contributed by atoms with van der Waals surface area (Å²) in [5.74, 6) is -1.37. The van der Waals surface area contributed by atoms with Crippen LogP contribution in [0.4, 0.5) is 14.5 Å². The van der Waals surface area contributed by atoms with E-state index in [0.717, 1.165) is 17.0 Å². The molecule has 0 aliphatic rings. The summed E-state index contributed by atoms with van der Waals surface area (Å²) < 4.78 is 32.0. The molecule has 6 heteroatoms. The number of hydrogen-bond donors (Lipinski definition) is 2. The van der Waals surface area contributed by atoms with E-state index >= 15 is 0 Å². The molecule has 1 atom stereocenters. The zero-order chi connectivity index (χ0) is 14.4. The number of benzene rings is 1. The second kappa shape index (κ2) is 7.33. The van der Waals surface area contributed by atoms with E-state index in [0.29, 0.717) is 6.61 Å². The summed E-state index contributed by atoms with van der Waals surface area (Å²) >= 11 is 1.57. The summed E-state index contributed by atoms with van der Waals surface area (Å²) in [6.45, 7) is 0.534. The van der Waals surface area contributed by atoms with Gasteiger partial charge >= 0.3 is 0 Å². The van der Waals surface area contributed by atoms with E-state index in [-0.39, 0.29) is 18.8 Å². The van der Waals surface area contributed by atoms with Gasteiger partial charge in [-0.05, 0) is 23.6 Å². The van der Waals surface area contributed by atoms with Crippen LogP contribution in [0.25, 0.3) is 0 Å². The Morgan fingerprint density at radius 2 is 1.95 bits per heavy atom. The molecule has 0 saturated carbocycles. The second-order valence-corrected chi connectivity index (χ2v) is 5.26. The lowest BCUT2D eigenvalue weighted by molar-refractivity contribution is 0.0358. The zero-order valence-electron chi connectivity index (χ0n) is 10.7. The van der Waals surface area contributed by atoms with E-state index in [9.17, 15) is 13.9 Å². The van der Waals surface area contributed by atoms with E-state index in [2.05, 4.69) is 5.32 Å². The van der Waals surface area contributed by atoms with Crippen LogP contribution in [-0.4, -0.2) is 24.4 Å². The van der Waals surface area contributed by atoms with Crippen molar-refractivity contribution in [3.05, 3.63) is 52.2 Å². The smallest absolute Gasteiger partial charge is 0.149 e. The maximum atomic E-state index is 13.3. The zero-order valence-corrected chi connectivity index (χ0v) is 11.5. The van der Waals surface area contributed by atoms with Gasteiger partial charge in [-0.1, -0.05) is 12.1 Å². The van der Waals surface area contributed by atoms with Crippen LogP contribution in [0.15, 0.2) is 35.7 Å². The first-order chi connectivity index (χ1) is 9.66. The molecule has 2 N–H and O–H groups in total. The van der Waals surface area contributed by atoms with Gasteiger partial charge in [-0.25, -0.2) is 8.78 Å². The van der Waals surface area contributed by atoms with Gasteiger partial charge in [0.25, 0.3) is 0 Å². The Morgan fingerprint density at radius 3 is 2.60 bits per heavy atom. The molecule has 1 unspecified atom stereocenters. The van der Waals surface area contributed by atoms with Crippen LogP contribution >= 0.6 is 11.3 Å². The summed E-state index contributed by atoms with van der Waals surface area (Å²) in [6.07, 6.45) is -0.839. The van der Waals surface area contributed by atoms with Crippen LogP contribution in [0.5, 0.6) is 0 Å². The summed E-state index contributed by atoms with van der Waals surface area (Å²) in [7, 11) is 0. The molecule has 0 bridgehead atoms. The molecule has 0 amide bonds. The van der Waals surface area contributed by atoms with Crippen molar-refractivity contribution in [3.63, 3.8) is 0 Å². The predicted molar refractivity (Wildman–Crippen MR) is 74.8 cm³/mol. The number of para-hydroxylation sites is 1. The quantitative estimate of drug-likeness (QED) is 0.826. The molecule has 20 heavy (non-hydrogen) atoms. The third-order valence-electron chi connectivity index (χ3n) is 2.61. The topological polar surface area (TPSA) is 41.5 Å². The first-order valence-electron chi connectivity index (χ1n) is 6.13. The van der Waals surface area contributed by atoms with E-state index < -0.39 is 17.7 Å². The van der Waals surface area contributed by atoms with Gasteiger partial charge in [-0.3, -0.25) is 0 Å². The molecule has 3 nitrogen and oxygen atoms in total. The number of hydrogen-bond acceptors (Lipinski definition) is 4. The third kappa shape index (κ3) is 4.26. The molecule has 108 valence electrons. The van der Waals surface area contributed by atoms with E-state index in [1.165, 1.54) is 6.07 Å². The van der Waals surface area contributed by atoms with Gasteiger partial charge in [0.2, 0.25) is 0 Å². The van der Waals surface area contributed by atoms with E-state index in [4.69, 9.17) is 4.74 Å².